The predicted molar refractivity (Wildman–Crippen MR) is 67.6 cm³/mol. The van der Waals surface area contributed by atoms with Gasteiger partial charge in [0.15, 0.2) is 5.78 Å². The number of carbonyl (C=O) groups excluding carboxylic acids is 1. The topological polar surface area (TPSA) is 55.1 Å². The lowest BCUT2D eigenvalue weighted by atomic mass is 10.1. The van der Waals surface area contributed by atoms with Crippen LogP contribution in [0.15, 0.2) is 24.3 Å². The maximum Gasteiger partial charge on any atom is 0.176 e. The van der Waals surface area contributed by atoms with E-state index >= 15 is 0 Å². The van der Waals surface area contributed by atoms with Crippen molar-refractivity contribution in [3.8, 4) is 0 Å². The molecule has 1 rings (SSSR count). The van der Waals surface area contributed by atoms with Crippen LogP contribution in [-0.2, 0) is 0 Å². The number of unbranched alkanes of at least 4 members (excludes halogenated alkanes) is 2. The second-order valence-electron chi connectivity index (χ2n) is 3.93. The van der Waals surface area contributed by atoms with Gasteiger partial charge in [0.25, 0.3) is 0 Å². The molecule has 3 heteroatoms. The van der Waals surface area contributed by atoms with Gasteiger partial charge in [-0.3, -0.25) is 4.79 Å². The number of carbonyl (C=O) groups is 1. The van der Waals surface area contributed by atoms with Crippen LogP contribution in [-0.4, -0.2) is 18.9 Å². The highest BCUT2D eigenvalue weighted by atomic mass is 16.1. The number of Topliss-reactive ketones (excluding diaryl/α,β-unsaturated/α-hetero) is 1. The fourth-order valence-electron chi connectivity index (χ4n) is 1.52. The van der Waals surface area contributed by atoms with E-state index in [2.05, 4.69) is 12.2 Å². The van der Waals surface area contributed by atoms with Gasteiger partial charge in [-0.05, 0) is 25.1 Å². The van der Waals surface area contributed by atoms with Crippen molar-refractivity contribution in [3.05, 3.63) is 29.8 Å². The molecule has 0 radical (unpaired) electrons. The van der Waals surface area contributed by atoms with Crippen LogP contribution >= 0.6 is 0 Å². The Morgan fingerprint density at radius 2 is 2.19 bits per heavy atom. The normalized spacial score (nSPS) is 10.3. The fraction of sp³-hybridized carbons (Fsp3) is 0.462. The van der Waals surface area contributed by atoms with Crippen LogP contribution in [0.2, 0.25) is 0 Å². The van der Waals surface area contributed by atoms with Crippen LogP contribution in [0.5, 0.6) is 0 Å². The number of nitrogen functional groups attached to an aromatic ring is 1. The lowest BCUT2D eigenvalue weighted by Crippen LogP contribution is -2.24. The van der Waals surface area contributed by atoms with Crippen LogP contribution in [0.25, 0.3) is 0 Å². The summed E-state index contributed by atoms with van der Waals surface area (Å²) in [5, 5.41) is 3.15. The number of benzene rings is 1. The molecule has 0 saturated carbocycles. The summed E-state index contributed by atoms with van der Waals surface area (Å²) in [7, 11) is 0. The molecule has 0 spiro atoms. The van der Waals surface area contributed by atoms with Crippen LogP contribution in [0.1, 0.15) is 36.5 Å². The fourth-order valence-corrected chi connectivity index (χ4v) is 1.52. The van der Waals surface area contributed by atoms with E-state index in [4.69, 9.17) is 5.73 Å². The average molecular weight is 220 g/mol. The van der Waals surface area contributed by atoms with E-state index in [1.165, 1.54) is 12.8 Å². The number of nitrogens with two attached hydrogens (primary N) is 1. The Morgan fingerprint density at radius 1 is 1.38 bits per heavy atom. The smallest absolute Gasteiger partial charge is 0.176 e. The Bertz CT molecular complexity index is 336. The highest BCUT2D eigenvalue weighted by molar-refractivity contribution is 5.98. The average Bonchev–Trinajstić information content (AvgIpc) is 2.28. The highest BCUT2D eigenvalue weighted by Crippen LogP contribution is 2.06. The van der Waals surface area contributed by atoms with Crippen molar-refractivity contribution in [2.45, 2.75) is 26.2 Å². The Morgan fingerprint density at radius 3 is 2.88 bits per heavy atom. The molecule has 0 unspecified atom stereocenters. The van der Waals surface area contributed by atoms with Crippen LogP contribution < -0.4 is 11.1 Å². The molecule has 1 aromatic rings. The zero-order chi connectivity index (χ0) is 11.8. The summed E-state index contributed by atoms with van der Waals surface area (Å²) >= 11 is 0. The SMILES string of the molecule is CCCCCNCC(=O)c1cccc(N)c1. The number of nitrogens with one attached hydrogen (secondary N) is 1. The molecular formula is C13H20N2O. The molecule has 3 nitrogen and oxygen atoms in total. The van der Waals surface area contributed by atoms with Crippen molar-refractivity contribution >= 4 is 11.5 Å². The molecule has 0 saturated heterocycles. The minimum atomic E-state index is 0.101. The third kappa shape index (κ3) is 4.45. The molecule has 0 heterocycles. The van der Waals surface area contributed by atoms with Crippen molar-refractivity contribution in [3.63, 3.8) is 0 Å². The molecule has 0 bridgehead atoms. The molecule has 0 aromatic heterocycles. The Kier molecular flexibility index (Phi) is 5.57. The van der Waals surface area contributed by atoms with Crippen molar-refractivity contribution < 1.29 is 4.79 Å². The minimum absolute atomic E-state index is 0.101. The molecule has 16 heavy (non-hydrogen) atoms. The van der Waals surface area contributed by atoms with E-state index in [9.17, 15) is 4.79 Å². The first-order chi connectivity index (χ1) is 7.74. The summed E-state index contributed by atoms with van der Waals surface area (Å²) in [6.45, 7) is 3.47. The maximum atomic E-state index is 11.7. The second kappa shape index (κ2) is 7.01. The summed E-state index contributed by atoms with van der Waals surface area (Å²) in [4.78, 5) is 11.7. The lowest BCUT2D eigenvalue weighted by molar-refractivity contribution is 0.0991. The van der Waals surface area contributed by atoms with Gasteiger partial charge in [0.05, 0.1) is 6.54 Å². The zero-order valence-corrected chi connectivity index (χ0v) is 9.83. The zero-order valence-electron chi connectivity index (χ0n) is 9.83. The second-order valence-corrected chi connectivity index (χ2v) is 3.93. The van der Waals surface area contributed by atoms with Crippen LogP contribution in [0, 0.1) is 0 Å². The first-order valence-electron chi connectivity index (χ1n) is 5.83. The molecule has 0 aliphatic rings. The van der Waals surface area contributed by atoms with Gasteiger partial charge in [0.2, 0.25) is 0 Å². The summed E-state index contributed by atoms with van der Waals surface area (Å²) < 4.78 is 0. The first-order valence-corrected chi connectivity index (χ1v) is 5.83. The third-order valence-electron chi connectivity index (χ3n) is 2.45. The van der Waals surface area contributed by atoms with Gasteiger partial charge in [-0.15, -0.1) is 0 Å². The summed E-state index contributed by atoms with van der Waals surface area (Å²) in [6.07, 6.45) is 3.53. The number of hydrogen-bond donors (Lipinski definition) is 2. The van der Waals surface area contributed by atoms with E-state index < -0.39 is 0 Å². The molecule has 0 atom stereocenters. The van der Waals surface area contributed by atoms with E-state index in [1.807, 2.05) is 0 Å². The summed E-state index contributed by atoms with van der Waals surface area (Å²) in [6, 6.07) is 7.10. The van der Waals surface area contributed by atoms with Gasteiger partial charge < -0.3 is 11.1 Å². The van der Waals surface area contributed by atoms with Gasteiger partial charge in [-0.25, -0.2) is 0 Å². The van der Waals surface area contributed by atoms with Crippen molar-refractivity contribution in [1.29, 1.82) is 0 Å². The summed E-state index contributed by atoms with van der Waals surface area (Å²) in [5.74, 6) is 0.101. The number of hydrogen-bond acceptors (Lipinski definition) is 3. The van der Waals surface area contributed by atoms with Crippen molar-refractivity contribution in [2.75, 3.05) is 18.8 Å². The van der Waals surface area contributed by atoms with E-state index in [1.54, 1.807) is 24.3 Å². The van der Waals surface area contributed by atoms with Gasteiger partial charge in [0.1, 0.15) is 0 Å². The molecule has 3 N–H and O–H groups in total. The van der Waals surface area contributed by atoms with Gasteiger partial charge in [-0.1, -0.05) is 31.9 Å². The standard InChI is InChI=1S/C13H20N2O/c1-2-3-4-8-15-10-13(16)11-6-5-7-12(14)9-11/h5-7,9,15H,2-4,8,10,14H2,1H3. The molecule has 0 fully saturated rings. The monoisotopic (exact) mass is 220 g/mol. The molecule has 1 aromatic carbocycles. The lowest BCUT2D eigenvalue weighted by Gasteiger charge is -2.04. The third-order valence-corrected chi connectivity index (χ3v) is 2.45. The van der Waals surface area contributed by atoms with E-state index in [0.717, 1.165) is 13.0 Å². The minimum Gasteiger partial charge on any atom is -0.399 e. The van der Waals surface area contributed by atoms with E-state index in [-0.39, 0.29) is 5.78 Å². The van der Waals surface area contributed by atoms with Crippen molar-refractivity contribution in [2.24, 2.45) is 0 Å². The quantitative estimate of drug-likeness (QED) is 0.421. The van der Waals surface area contributed by atoms with Crippen molar-refractivity contribution in [1.82, 2.24) is 5.32 Å². The Labute approximate surface area is 97.0 Å². The Hall–Kier alpha value is -1.35. The van der Waals surface area contributed by atoms with Crippen LogP contribution in [0.4, 0.5) is 5.69 Å². The number of ketones is 1. The highest BCUT2D eigenvalue weighted by Gasteiger charge is 2.04. The molecule has 0 aliphatic heterocycles. The Balaban J connectivity index is 2.30. The van der Waals surface area contributed by atoms with E-state index in [0.29, 0.717) is 17.8 Å². The first kappa shape index (κ1) is 12.7. The predicted octanol–water partition coefficient (Wildman–Crippen LogP) is 2.23. The molecule has 0 amide bonds. The maximum absolute atomic E-state index is 11.7. The number of rotatable bonds is 7. The summed E-state index contributed by atoms with van der Waals surface area (Å²) in [5.41, 5.74) is 6.94. The molecule has 0 aliphatic carbocycles. The molecule has 88 valence electrons. The number of anilines is 1. The van der Waals surface area contributed by atoms with Gasteiger partial charge in [0, 0.05) is 11.3 Å². The molecular weight excluding hydrogens is 200 g/mol. The van der Waals surface area contributed by atoms with Crippen LogP contribution in [0.3, 0.4) is 0 Å². The largest absolute Gasteiger partial charge is 0.399 e. The van der Waals surface area contributed by atoms with Gasteiger partial charge in [-0.2, -0.15) is 0 Å². The van der Waals surface area contributed by atoms with Gasteiger partial charge >= 0.3 is 0 Å².